The highest BCUT2D eigenvalue weighted by molar-refractivity contribution is 7.91. The number of nitrogens with one attached hydrogen (secondary N) is 2. The SMILES string of the molecule is O=C(N[C@@H]1CN(C2CCOCC2)C[C@@H]1C(=O)NO)c1ccc(CN2CCS(=O)(=O)c3ccccc32)cc1. The number of ether oxygens (including phenoxy) is 1. The van der Waals surface area contributed by atoms with Gasteiger partial charge in [0.25, 0.3) is 5.91 Å². The summed E-state index contributed by atoms with van der Waals surface area (Å²) in [6, 6.07) is 14.1. The fourth-order valence-corrected chi connectivity index (χ4v) is 7.00. The maximum atomic E-state index is 13.1. The molecule has 10 nitrogen and oxygen atoms in total. The average Bonchev–Trinajstić information content (AvgIpc) is 3.34. The lowest BCUT2D eigenvalue weighted by Gasteiger charge is -2.31. The highest BCUT2D eigenvalue weighted by atomic mass is 32.2. The topological polar surface area (TPSA) is 128 Å². The number of nitrogens with zero attached hydrogens (tertiary/aromatic N) is 2. The Labute approximate surface area is 216 Å². The Morgan fingerprint density at radius 2 is 1.76 bits per heavy atom. The van der Waals surface area contributed by atoms with Gasteiger partial charge in [-0.2, -0.15) is 0 Å². The summed E-state index contributed by atoms with van der Waals surface area (Å²) in [5.74, 6) is -1.26. The van der Waals surface area contributed by atoms with Crippen LogP contribution in [0.4, 0.5) is 5.69 Å². The lowest BCUT2D eigenvalue weighted by molar-refractivity contribution is -0.133. The fraction of sp³-hybridized carbons (Fsp3) is 0.462. The maximum absolute atomic E-state index is 13.1. The van der Waals surface area contributed by atoms with Gasteiger partial charge < -0.3 is 15.0 Å². The van der Waals surface area contributed by atoms with Gasteiger partial charge in [-0.25, -0.2) is 13.9 Å². The molecule has 198 valence electrons. The number of para-hydroxylation sites is 1. The van der Waals surface area contributed by atoms with Crippen molar-refractivity contribution in [3.63, 3.8) is 0 Å². The zero-order valence-electron chi connectivity index (χ0n) is 20.5. The lowest BCUT2D eigenvalue weighted by atomic mass is 10.0. The van der Waals surface area contributed by atoms with Crippen LogP contribution in [0, 0.1) is 5.92 Å². The number of hydrogen-bond donors (Lipinski definition) is 3. The summed E-state index contributed by atoms with van der Waals surface area (Å²) < 4.78 is 30.3. The number of benzene rings is 2. The van der Waals surface area contributed by atoms with Gasteiger partial charge in [-0.1, -0.05) is 24.3 Å². The van der Waals surface area contributed by atoms with E-state index in [4.69, 9.17) is 4.74 Å². The molecule has 0 aromatic heterocycles. The third-order valence-electron chi connectivity index (χ3n) is 7.58. The van der Waals surface area contributed by atoms with Crippen LogP contribution in [0.3, 0.4) is 0 Å². The lowest BCUT2D eigenvalue weighted by Crippen LogP contribution is -2.45. The summed E-state index contributed by atoms with van der Waals surface area (Å²) in [7, 11) is -3.27. The quantitative estimate of drug-likeness (QED) is 0.377. The Bertz CT molecular complexity index is 1250. The number of sulfone groups is 1. The van der Waals surface area contributed by atoms with Crippen LogP contribution in [0.25, 0.3) is 0 Å². The minimum absolute atomic E-state index is 0.0688. The van der Waals surface area contributed by atoms with Crippen LogP contribution in [-0.4, -0.2) is 81.0 Å². The standard InChI is InChI=1S/C26H32N4O6S/c31-25(27-22-17-30(16-21(22)26(32)28-33)20-9-12-36-13-10-20)19-7-5-18(6-8-19)15-29-11-14-37(34,35)24-4-2-1-3-23(24)29/h1-8,20-22,33H,9-17H2,(H,27,31)(H,28,32)/t21-,22+/m0/s1. The predicted octanol–water partition coefficient (Wildman–Crippen LogP) is 1.20. The van der Waals surface area contributed by atoms with Gasteiger partial charge in [0.15, 0.2) is 9.84 Å². The minimum atomic E-state index is -3.27. The molecular weight excluding hydrogens is 496 g/mol. The van der Waals surface area contributed by atoms with Crippen molar-refractivity contribution in [1.29, 1.82) is 0 Å². The number of hydrogen-bond acceptors (Lipinski definition) is 8. The van der Waals surface area contributed by atoms with Crippen molar-refractivity contribution < 1.29 is 28.0 Å². The molecule has 11 heteroatoms. The zero-order chi connectivity index (χ0) is 26.0. The zero-order valence-corrected chi connectivity index (χ0v) is 21.3. The molecule has 2 saturated heterocycles. The first-order valence-electron chi connectivity index (χ1n) is 12.6. The average molecular weight is 529 g/mol. The first kappa shape index (κ1) is 25.7. The summed E-state index contributed by atoms with van der Waals surface area (Å²) in [6.45, 7) is 3.29. The second kappa shape index (κ2) is 10.8. The number of amides is 2. The first-order valence-corrected chi connectivity index (χ1v) is 14.2. The normalized spacial score (nSPS) is 23.9. The fourth-order valence-electron chi connectivity index (χ4n) is 5.52. The molecule has 3 aliphatic heterocycles. The molecule has 2 atom stereocenters. The van der Waals surface area contributed by atoms with Gasteiger partial charge in [-0.05, 0) is 42.7 Å². The van der Waals surface area contributed by atoms with E-state index in [1.54, 1.807) is 29.7 Å². The van der Waals surface area contributed by atoms with E-state index >= 15 is 0 Å². The summed E-state index contributed by atoms with van der Waals surface area (Å²) in [5, 5.41) is 12.2. The van der Waals surface area contributed by atoms with E-state index in [1.807, 2.05) is 29.2 Å². The molecule has 2 aromatic carbocycles. The third-order valence-corrected chi connectivity index (χ3v) is 9.31. The van der Waals surface area contributed by atoms with Crippen molar-refractivity contribution >= 4 is 27.3 Å². The molecule has 3 aliphatic rings. The molecular formula is C26H32N4O6S. The molecule has 3 heterocycles. The smallest absolute Gasteiger partial charge is 0.251 e. The Kier molecular flexibility index (Phi) is 7.47. The Morgan fingerprint density at radius 3 is 2.49 bits per heavy atom. The maximum Gasteiger partial charge on any atom is 0.251 e. The van der Waals surface area contributed by atoms with E-state index in [1.165, 1.54) is 0 Å². The molecule has 5 rings (SSSR count). The largest absolute Gasteiger partial charge is 0.381 e. The molecule has 2 aromatic rings. The predicted molar refractivity (Wildman–Crippen MR) is 136 cm³/mol. The molecule has 2 fully saturated rings. The monoisotopic (exact) mass is 528 g/mol. The molecule has 0 spiro atoms. The van der Waals surface area contributed by atoms with Crippen molar-refractivity contribution in [2.24, 2.45) is 5.92 Å². The van der Waals surface area contributed by atoms with Crippen molar-refractivity contribution in [2.45, 2.75) is 36.4 Å². The van der Waals surface area contributed by atoms with E-state index in [9.17, 15) is 23.2 Å². The van der Waals surface area contributed by atoms with Crippen molar-refractivity contribution in [3.8, 4) is 0 Å². The van der Waals surface area contributed by atoms with E-state index in [0.29, 0.717) is 61.6 Å². The molecule has 0 bridgehead atoms. The second-order valence-corrected chi connectivity index (χ2v) is 11.9. The second-order valence-electron chi connectivity index (χ2n) is 9.87. The first-order chi connectivity index (χ1) is 17.9. The van der Waals surface area contributed by atoms with Crippen LogP contribution in [0.5, 0.6) is 0 Å². The summed E-state index contributed by atoms with van der Waals surface area (Å²) in [4.78, 5) is 30.0. The third kappa shape index (κ3) is 5.49. The van der Waals surface area contributed by atoms with E-state index in [-0.39, 0.29) is 11.7 Å². The van der Waals surface area contributed by atoms with Gasteiger partial charge in [0, 0.05) is 51.0 Å². The highest BCUT2D eigenvalue weighted by Gasteiger charge is 2.41. The van der Waals surface area contributed by atoms with Crippen LogP contribution >= 0.6 is 0 Å². The Balaban J connectivity index is 1.24. The van der Waals surface area contributed by atoms with Gasteiger partial charge in [0.2, 0.25) is 5.91 Å². The molecule has 37 heavy (non-hydrogen) atoms. The number of rotatable bonds is 6. The highest BCUT2D eigenvalue weighted by Crippen LogP contribution is 2.31. The van der Waals surface area contributed by atoms with E-state index < -0.39 is 27.7 Å². The number of likely N-dealkylation sites (tertiary alicyclic amines) is 1. The molecule has 0 saturated carbocycles. The van der Waals surface area contributed by atoms with Crippen LogP contribution < -0.4 is 15.7 Å². The Hall–Kier alpha value is -2.99. The van der Waals surface area contributed by atoms with Crippen LogP contribution in [-0.2, 0) is 25.9 Å². The Morgan fingerprint density at radius 1 is 1.03 bits per heavy atom. The van der Waals surface area contributed by atoms with Gasteiger partial charge in [0.1, 0.15) is 0 Å². The van der Waals surface area contributed by atoms with Crippen LogP contribution in [0.1, 0.15) is 28.8 Å². The van der Waals surface area contributed by atoms with Gasteiger partial charge in [0.05, 0.1) is 28.3 Å². The van der Waals surface area contributed by atoms with Crippen molar-refractivity contribution in [2.75, 3.05) is 43.5 Å². The summed E-state index contributed by atoms with van der Waals surface area (Å²) in [5.41, 5.74) is 3.87. The van der Waals surface area contributed by atoms with Gasteiger partial charge >= 0.3 is 0 Å². The van der Waals surface area contributed by atoms with E-state index in [0.717, 1.165) is 18.4 Å². The molecule has 2 amide bonds. The number of hydroxylamine groups is 1. The van der Waals surface area contributed by atoms with Crippen molar-refractivity contribution in [3.05, 3.63) is 59.7 Å². The molecule has 0 radical (unpaired) electrons. The van der Waals surface area contributed by atoms with E-state index in [2.05, 4.69) is 10.2 Å². The number of anilines is 1. The minimum Gasteiger partial charge on any atom is -0.381 e. The van der Waals surface area contributed by atoms with Gasteiger partial charge in [-0.3, -0.25) is 19.7 Å². The van der Waals surface area contributed by atoms with Crippen LogP contribution in [0.2, 0.25) is 0 Å². The number of carbonyl (C=O) groups excluding carboxylic acids is 2. The molecule has 3 N–H and O–H groups in total. The summed E-state index contributed by atoms with van der Waals surface area (Å²) >= 11 is 0. The molecule has 0 aliphatic carbocycles. The summed E-state index contributed by atoms with van der Waals surface area (Å²) in [6.07, 6.45) is 1.76. The molecule has 0 unspecified atom stereocenters. The number of carbonyl (C=O) groups is 2. The van der Waals surface area contributed by atoms with Crippen LogP contribution in [0.15, 0.2) is 53.4 Å². The van der Waals surface area contributed by atoms with Gasteiger partial charge in [-0.15, -0.1) is 0 Å². The van der Waals surface area contributed by atoms with Crippen molar-refractivity contribution in [1.82, 2.24) is 15.7 Å². The number of fused-ring (bicyclic) bond motifs is 1.